The van der Waals surface area contributed by atoms with E-state index < -0.39 is 0 Å². The molecule has 0 aliphatic carbocycles. The van der Waals surface area contributed by atoms with Crippen molar-refractivity contribution < 1.29 is 9.47 Å². The molecule has 2 aromatic carbocycles. The van der Waals surface area contributed by atoms with Crippen molar-refractivity contribution in [2.24, 2.45) is 15.9 Å². The number of nitrogens with two attached hydrogens (primary N) is 1. The predicted octanol–water partition coefficient (Wildman–Crippen LogP) is 4.46. The van der Waals surface area contributed by atoms with Gasteiger partial charge in [-0.1, -0.05) is 61.5 Å². The second kappa shape index (κ2) is 11.2. The fraction of sp³-hybridized carbons (Fsp3) is 0.300. The lowest BCUT2D eigenvalue weighted by atomic mass is 10.2. The molecule has 0 aliphatic rings. The lowest BCUT2D eigenvalue weighted by Crippen LogP contribution is -2.06. The predicted molar refractivity (Wildman–Crippen MR) is 110 cm³/mol. The number of hydrogen-bond donors (Lipinski definition) is 1. The van der Waals surface area contributed by atoms with Crippen molar-refractivity contribution in [3.05, 3.63) is 59.7 Å². The van der Waals surface area contributed by atoms with Crippen molar-refractivity contribution in [2.75, 3.05) is 13.7 Å². The van der Waals surface area contributed by atoms with Gasteiger partial charge in [0, 0.05) is 11.3 Å². The average Bonchev–Trinajstić information content (AvgIpc) is 2.68. The largest absolute Gasteiger partial charge is 0.493 e. The van der Waals surface area contributed by atoms with Crippen LogP contribution in [0.25, 0.3) is 0 Å². The molecular weight excluding hydrogens is 346 g/mol. The first-order valence-corrected chi connectivity index (χ1v) is 9.56. The van der Waals surface area contributed by atoms with Gasteiger partial charge in [-0.05, 0) is 24.1 Å². The van der Waals surface area contributed by atoms with Gasteiger partial charge >= 0.3 is 0 Å². The first-order valence-electron chi connectivity index (χ1n) is 8.57. The molecule has 0 unspecified atom stereocenters. The van der Waals surface area contributed by atoms with E-state index in [-0.39, 0.29) is 0 Å². The van der Waals surface area contributed by atoms with Crippen LogP contribution in [0.4, 0.5) is 0 Å². The van der Waals surface area contributed by atoms with Gasteiger partial charge in [-0.3, -0.25) is 0 Å². The molecule has 0 fully saturated rings. The highest BCUT2D eigenvalue weighted by molar-refractivity contribution is 8.13. The number of para-hydroxylation sites is 1. The normalized spacial score (nSPS) is 11.7. The van der Waals surface area contributed by atoms with E-state index in [4.69, 9.17) is 15.2 Å². The molecule has 26 heavy (non-hydrogen) atoms. The lowest BCUT2D eigenvalue weighted by Gasteiger charge is -2.12. The van der Waals surface area contributed by atoms with E-state index in [9.17, 15) is 0 Å². The van der Waals surface area contributed by atoms with Crippen LogP contribution in [0.3, 0.4) is 0 Å². The zero-order valence-corrected chi connectivity index (χ0v) is 16.0. The number of amidine groups is 1. The quantitative estimate of drug-likeness (QED) is 0.306. The highest BCUT2D eigenvalue weighted by atomic mass is 32.2. The molecule has 0 aromatic heterocycles. The Labute approximate surface area is 159 Å². The molecule has 0 amide bonds. The van der Waals surface area contributed by atoms with Gasteiger partial charge in [-0.25, -0.2) is 0 Å². The maximum absolute atomic E-state index is 5.92. The van der Waals surface area contributed by atoms with Crippen LogP contribution in [0.15, 0.2) is 58.7 Å². The fourth-order valence-corrected chi connectivity index (χ4v) is 2.79. The number of unbranched alkanes of at least 4 members (excludes halogenated alkanes) is 1. The van der Waals surface area contributed by atoms with Crippen molar-refractivity contribution in [1.82, 2.24) is 0 Å². The van der Waals surface area contributed by atoms with Crippen LogP contribution < -0.4 is 15.2 Å². The van der Waals surface area contributed by atoms with Crippen LogP contribution in [0, 0.1) is 0 Å². The second-order valence-corrected chi connectivity index (χ2v) is 6.53. The Hall–Kier alpha value is -2.47. The summed E-state index contributed by atoms with van der Waals surface area (Å²) in [6.45, 7) is 2.76. The molecule has 6 heteroatoms. The first-order chi connectivity index (χ1) is 12.7. The SMILES string of the molecule is CCCCOc1c(C=NN=C(N)SCc2ccccc2)cccc1OC. The molecule has 0 spiro atoms. The topological polar surface area (TPSA) is 69.2 Å². The van der Waals surface area contributed by atoms with E-state index in [2.05, 4.69) is 29.3 Å². The number of nitrogens with zero attached hydrogens (tertiary/aromatic N) is 2. The Morgan fingerprint density at radius 1 is 1.15 bits per heavy atom. The minimum absolute atomic E-state index is 0.418. The van der Waals surface area contributed by atoms with Crippen LogP contribution in [0.5, 0.6) is 11.5 Å². The summed E-state index contributed by atoms with van der Waals surface area (Å²) < 4.78 is 11.2. The van der Waals surface area contributed by atoms with E-state index >= 15 is 0 Å². The minimum Gasteiger partial charge on any atom is -0.493 e. The summed E-state index contributed by atoms with van der Waals surface area (Å²) in [6.07, 6.45) is 3.69. The number of rotatable bonds is 9. The average molecular weight is 372 g/mol. The summed E-state index contributed by atoms with van der Waals surface area (Å²) in [6, 6.07) is 15.8. The molecule has 0 bridgehead atoms. The monoisotopic (exact) mass is 371 g/mol. The van der Waals surface area contributed by atoms with Crippen LogP contribution in [-0.2, 0) is 5.75 Å². The molecule has 2 aromatic rings. The third kappa shape index (κ3) is 6.44. The van der Waals surface area contributed by atoms with Crippen molar-refractivity contribution in [1.29, 1.82) is 0 Å². The summed E-state index contributed by atoms with van der Waals surface area (Å²) in [5.41, 5.74) is 7.93. The summed E-state index contributed by atoms with van der Waals surface area (Å²) in [5.74, 6) is 2.12. The van der Waals surface area contributed by atoms with Gasteiger partial charge in [0.2, 0.25) is 0 Å². The molecule has 2 rings (SSSR count). The summed E-state index contributed by atoms with van der Waals surface area (Å²) in [4.78, 5) is 0. The van der Waals surface area contributed by atoms with Gasteiger partial charge in [-0.2, -0.15) is 5.10 Å². The maximum Gasteiger partial charge on any atom is 0.180 e. The smallest absolute Gasteiger partial charge is 0.180 e. The molecule has 0 aliphatic heterocycles. The number of hydrogen-bond acceptors (Lipinski definition) is 5. The van der Waals surface area contributed by atoms with Gasteiger partial charge in [0.1, 0.15) is 0 Å². The zero-order chi connectivity index (χ0) is 18.6. The highest BCUT2D eigenvalue weighted by Crippen LogP contribution is 2.30. The lowest BCUT2D eigenvalue weighted by molar-refractivity contribution is 0.288. The van der Waals surface area contributed by atoms with Crippen LogP contribution >= 0.6 is 11.8 Å². The Bertz CT molecular complexity index is 733. The number of benzene rings is 2. The van der Waals surface area contributed by atoms with Crippen LogP contribution in [0.2, 0.25) is 0 Å². The summed E-state index contributed by atoms with van der Waals surface area (Å²) in [5, 5.41) is 8.58. The molecule has 5 nitrogen and oxygen atoms in total. The van der Waals surface area contributed by atoms with Crippen molar-refractivity contribution in [3.8, 4) is 11.5 Å². The van der Waals surface area contributed by atoms with Crippen LogP contribution in [0.1, 0.15) is 30.9 Å². The van der Waals surface area contributed by atoms with Gasteiger partial charge in [0.15, 0.2) is 16.7 Å². The Morgan fingerprint density at radius 2 is 1.96 bits per heavy atom. The molecule has 138 valence electrons. The molecule has 0 heterocycles. The number of ether oxygens (including phenoxy) is 2. The second-order valence-electron chi connectivity index (χ2n) is 5.54. The van der Waals surface area contributed by atoms with Gasteiger partial charge in [0.05, 0.1) is 19.9 Å². The summed E-state index contributed by atoms with van der Waals surface area (Å²) >= 11 is 1.45. The van der Waals surface area contributed by atoms with E-state index in [0.29, 0.717) is 23.3 Å². The molecule has 2 N–H and O–H groups in total. The fourth-order valence-electron chi connectivity index (χ4n) is 2.18. The van der Waals surface area contributed by atoms with Crippen LogP contribution in [-0.4, -0.2) is 25.1 Å². The van der Waals surface area contributed by atoms with E-state index in [0.717, 1.165) is 24.2 Å². The van der Waals surface area contributed by atoms with Gasteiger partial charge in [0.25, 0.3) is 0 Å². The van der Waals surface area contributed by atoms with Crippen molar-refractivity contribution in [3.63, 3.8) is 0 Å². The molecule has 0 radical (unpaired) electrons. The highest BCUT2D eigenvalue weighted by Gasteiger charge is 2.09. The molecule has 0 saturated heterocycles. The zero-order valence-electron chi connectivity index (χ0n) is 15.2. The first kappa shape index (κ1) is 19.8. The Balaban J connectivity index is 2.01. The van der Waals surface area contributed by atoms with Crippen molar-refractivity contribution in [2.45, 2.75) is 25.5 Å². The Morgan fingerprint density at radius 3 is 2.69 bits per heavy atom. The Kier molecular flexibility index (Phi) is 8.55. The third-order valence-corrected chi connectivity index (χ3v) is 4.41. The van der Waals surface area contributed by atoms with E-state index in [1.165, 1.54) is 17.3 Å². The van der Waals surface area contributed by atoms with Gasteiger partial charge < -0.3 is 15.2 Å². The van der Waals surface area contributed by atoms with Gasteiger partial charge in [-0.15, -0.1) is 5.10 Å². The van der Waals surface area contributed by atoms with E-state index in [1.807, 2.05) is 36.4 Å². The number of methoxy groups -OCH3 is 1. The number of thioether (sulfide) groups is 1. The molecular formula is C20H25N3O2S. The maximum atomic E-state index is 5.92. The minimum atomic E-state index is 0.418. The van der Waals surface area contributed by atoms with Crippen molar-refractivity contribution >= 4 is 23.1 Å². The molecule has 0 saturated carbocycles. The summed E-state index contributed by atoms with van der Waals surface area (Å²) in [7, 11) is 1.62. The van der Waals surface area contributed by atoms with E-state index in [1.54, 1.807) is 13.3 Å². The standard InChI is InChI=1S/C20H25N3O2S/c1-3-4-13-25-19-17(11-8-12-18(19)24-2)14-22-23-20(21)26-15-16-9-6-5-7-10-16/h5-12,14H,3-4,13,15H2,1-2H3,(H2,21,23). The third-order valence-electron chi connectivity index (χ3n) is 3.56. The molecule has 0 atom stereocenters.